The predicted octanol–water partition coefficient (Wildman–Crippen LogP) is 2.36. The molecule has 6 heteroatoms. The van der Waals surface area contributed by atoms with Crippen molar-refractivity contribution in [3.05, 3.63) is 54.4 Å². The first-order valence-electron chi connectivity index (χ1n) is 8.74. The number of hydrogen-bond acceptors (Lipinski definition) is 4. The molecule has 1 atom stereocenters. The van der Waals surface area contributed by atoms with Gasteiger partial charge in [0, 0.05) is 55.6 Å². The average molecular weight is 351 g/mol. The van der Waals surface area contributed by atoms with Crippen LogP contribution in [0.25, 0.3) is 0 Å². The summed E-state index contributed by atoms with van der Waals surface area (Å²) in [6, 6.07) is 11.1. The van der Waals surface area contributed by atoms with Crippen LogP contribution in [0.5, 0.6) is 5.75 Å². The lowest BCUT2D eigenvalue weighted by Crippen LogP contribution is -2.34. The third-order valence-corrected chi connectivity index (χ3v) is 5.32. The normalized spacial score (nSPS) is 22.3. The van der Waals surface area contributed by atoms with E-state index in [2.05, 4.69) is 4.98 Å². The monoisotopic (exact) mass is 351 g/mol. The molecule has 1 spiro atoms. The minimum atomic E-state index is -0.169. The summed E-state index contributed by atoms with van der Waals surface area (Å²) in [4.78, 5) is 33.0. The lowest BCUT2D eigenvalue weighted by atomic mass is 9.86. The van der Waals surface area contributed by atoms with Gasteiger partial charge in [-0.05, 0) is 30.7 Å². The first-order valence-corrected chi connectivity index (χ1v) is 8.74. The van der Waals surface area contributed by atoms with Crippen LogP contribution in [0.2, 0.25) is 0 Å². The summed E-state index contributed by atoms with van der Waals surface area (Å²) in [6.07, 6.45) is 4.56. The van der Waals surface area contributed by atoms with E-state index in [4.69, 9.17) is 4.74 Å². The Bertz CT molecular complexity index is 839. The van der Waals surface area contributed by atoms with Gasteiger partial charge in [0.05, 0.1) is 12.7 Å². The van der Waals surface area contributed by atoms with Crippen molar-refractivity contribution in [1.82, 2.24) is 9.88 Å². The van der Waals surface area contributed by atoms with Crippen LogP contribution in [-0.2, 0) is 4.79 Å². The fraction of sp³-hybridized carbons (Fsp3) is 0.350. The Labute approximate surface area is 152 Å². The number of nitrogens with zero attached hydrogens (tertiary/aromatic N) is 3. The van der Waals surface area contributed by atoms with Crippen LogP contribution in [-0.4, -0.2) is 48.4 Å². The molecule has 2 saturated heterocycles. The van der Waals surface area contributed by atoms with Crippen LogP contribution in [0, 0.1) is 5.41 Å². The van der Waals surface area contributed by atoms with E-state index in [0.29, 0.717) is 31.6 Å². The Kier molecular flexibility index (Phi) is 4.11. The molecule has 2 aromatic rings. The van der Waals surface area contributed by atoms with Crippen molar-refractivity contribution in [3.8, 4) is 5.75 Å². The maximum atomic E-state index is 12.7. The van der Waals surface area contributed by atoms with Gasteiger partial charge in [0.1, 0.15) is 5.75 Å². The first-order chi connectivity index (χ1) is 12.6. The Morgan fingerprint density at radius 2 is 2.12 bits per heavy atom. The van der Waals surface area contributed by atoms with Crippen LogP contribution in [0.15, 0.2) is 48.8 Å². The number of carbonyl (C=O) groups excluding carboxylic acids is 2. The number of rotatable bonds is 3. The van der Waals surface area contributed by atoms with E-state index in [9.17, 15) is 9.59 Å². The SMILES string of the molecule is COc1cccc(N2CC3(CCN(C(=O)c4cccnc4)C3)CC2=O)c1. The Balaban J connectivity index is 1.50. The number of carbonyl (C=O) groups is 2. The molecule has 0 saturated carbocycles. The van der Waals surface area contributed by atoms with Gasteiger partial charge < -0.3 is 14.5 Å². The summed E-state index contributed by atoms with van der Waals surface area (Å²) in [6.45, 7) is 1.91. The number of likely N-dealkylation sites (tertiary alicyclic amines) is 1. The highest BCUT2D eigenvalue weighted by atomic mass is 16.5. The quantitative estimate of drug-likeness (QED) is 0.852. The van der Waals surface area contributed by atoms with Crippen LogP contribution < -0.4 is 9.64 Å². The van der Waals surface area contributed by atoms with Crippen LogP contribution in [0.1, 0.15) is 23.2 Å². The maximum Gasteiger partial charge on any atom is 0.255 e. The molecule has 0 bridgehead atoms. The zero-order valence-corrected chi connectivity index (χ0v) is 14.7. The molecule has 2 aliphatic heterocycles. The van der Waals surface area contributed by atoms with Gasteiger partial charge in [-0.15, -0.1) is 0 Å². The second-order valence-corrected chi connectivity index (χ2v) is 7.08. The third kappa shape index (κ3) is 2.92. The van der Waals surface area contributed by atoms with E-state index in [1.807, 2.05) is 34.1 Å². The molecule has 2 aliphatic rings. The summed E-state index contributed by atoms with van der Waals surface area (Å²) in [7, 11) is 1.62. The summed E-state index contributed by atoms with van der Waals surface area (Å²) in [5, 5.41) is 0. The summed E-state index contributed by atoms with van der Waals surface area (Å²) < 4.78 is 5.27. The molecule has 2 amide bonds. The number of pyridine rings is 1. The summed E-state index contributed by atoms with van der Waals surface area (Å²) >= 11 is 0. The molecule has 1 unspecified atom stereocenters. The largest absolute Gasteiger partial charge is 0.497 e. The second-order valence-electron chi connectivity index (χ2n) is 7.08. The number of methoxy groups -OCH3 is 1. The van der Waals surface area contributed by atoms with E-state index in [-0.39, 0.29) is 17.2 Å². The smallest absolute Gasteiger partial charge is 0.255 e. The first kappa shape index (κ1) is 16.6. The topological polar surface area (TPSA) is 62.7 Å². The van der Waals surface area contributed by atoms with Crippen molar-refractivity contribution < 1.29 is 14.3 Å². The van der Waals surface area contributed by atoms with Gasteiger partial charge in [0.2, 0.25) is 5.91 Å². The molecule has 2 fully saturated rings. The molecule has 134 valence electrons. The molecule has 26 heavy (non-hydrogen) atoms. The standard InChI is InChI=1S/C20H21N3O3/c1-26-17-6-2-5-16(10-17)23-14-20(11-18(23)24)7-9-22(13-20)19(25)15-4-3-8-21-12-15/h2-6,8,10,12H,7,9,11,13-14H2,1H3. The van der Waals surface area contributed by atoms with E-state index in [0.717, 1.165) is 17.9 Å². The summed E-state index contributed by atoms with van der Waals surface area (Å²) in [5.74, 6) is 0.826. The Morgan fingerprint density at radius 3 is 2.88 bits per heavy atom. The number of hydrogen-bond donors (Lipinski definition) is 0. The average Bonchev–Trinajstić information content (AvgIpc) is 3.24. The maximum absolute atomic E-state index is 12.7. The number of benzene rings is 1. The second kappa shape index (κ2) is 6.44. The highest BCUT2D eigenvalue weighted by Crippen LogP contribution is 2.42. The van der Waals surface area contributed by atoms with Crippen molar-refractivity contribution >= 4 is 17.5 Å². The Hall–Kier alpha value is -2.89. The molecule has 0 aliphatic carbocycles. The molecule has 0 radical (unpaired) electrons. The van der Waals surface area contributed by atoms with Gasteiger partial charge in [-0.1, -0.05) is 6.07 Å². The lowest BCUT2D eigenvalue weighted by Gasteiger charge is -2.24. The molecule has 0 N–H and O–H groups in total. The fourth-order valence-corrected chi connectivity index (χ4v) is 3.96. The summed E-state index contributed by atoms with van der Waals surface area (Å²) in [5.41, 5.74) is 1.28. The molecule has 1 aromatic carbocycles. The van der Waals surface area contributed by atoms with Crippen LogP contribution >= 0.6 is 0 Å². The van der Waals surface area contributed by atoms with E-state index in [1.165, 1.54) is 0 Å². The zero-order chi connectivity index (χ0) is 18.1. The molecular weight excluding hydrogens is 330 g/mol. The number of anilines is 1. The Morgan fingerprint density at radius 1 is 1.23 bits per heavy atom. The van der Waals surface area contributed by atoms with E-state index in [1.54, 1.807) is 31.6 Å². The van der Waals surface area contributed by atoms with Gasteiger partial charge >= 0.3 is 0 Å². The molecular formula is C20H21N3O3. The van der Waals surface area contributed by atoms with Gasteiger partial charge in [0.15, 0.2) is 0 Å². The van der Waals surface area contributed by atoms with E-state index >= 15 is 0 Å². The molecule has 4 rings (SSSR count). The number of amides is 2. The van der Waals surface area contributed by atoms with Crippen molar-refractivity contribution in [1.29, 1.82) is 0 Å². The number of aromatic nitrogens is 1. The third-order valence-electron chi connectivity index (χ3n) is 5.32. The van der Waals surface area contributed by atoms with Crippen molar-refractivity contribution in [2.45, 2.75) is 12.8 Å². The zero-order valence-electron chi connectivity index (χ0n) is 14.7. The minimum absolute atomic E-state index is 0.0118. The van der Waals surface area contributed by atoms with E-state index < -0.39 is 0 Å². The minimum Gasteiger partial charge on any atom is -0.497 e. The van der Waals surface area contributed by atoms with Gasteiger partial charge in [-0.25, -0.2) is 0 Å². The van der Waals surface area contributed by atoms with Gasteiger partial charge in [0.25, 0.3) is 5.91 Å². The van der Waals surface area contributed by atoms with Crippen LogP contribution in [0.4, 0.5) is 5.69 Å². The lowest BCUT2D eigenvalue weighted by molar-refractivity contribution is -0.117. The fourth-order valence-electron chi connectivity index (χ4n) is 3.96. The number of ether oxygens (including phenoxy) is 1. The highest BCUT2D eigenvalue weighted by molar-refractivity contribution is 5.97. The molecule has 6 nitrogen and oxygen atoms in total. The van der Waals surface area contributed by atoms with Crippen molar-refractivity contribution in [2.24, 2.45) is 5.41 Å². The molecule has 3 heterocycles. The van der Waals surface area contributed by atoms with Gasteiger partial charge in [-0.2, -0.15) is 0 Å². The highest BCUT2D eigenvalue weighted by Gasteiger charge is 2.48. The van der Waals surface area contributed by atoms with Crippen molar-refractivity contribution in [2.75, 3.05) is 31.6 Å². The predicted molar refractivity (Wildman–Crippen MR) is 97.2 cm³/mol. The molecule has 1 aromatic heterocycles. The van der Waals surface area contributed by atoms with Crippen molar-refractivity contribution in [3.63, 3.8) is 0 Å². The van der Waals surface area contributed by atoms with Gasteiger partial charge in [-0.3, -0.25) is 14.6 Å². The van der Waals surface area contributed by atoms with Crippen LogP contribution in [0.3, 0.4) is 0 Å².